The number of anilines is 2. The summed E-state index contributed by atoms with van der Waals surface area (Å²) in [6.07, 6.45) is 0. The van der Waals surface area contributed by atoms with Gasteiger partial charge in [0, 0.05) is 18.8 Å². The van der Waals surface area contributed by atoms with Gasteiger partial charge in [0.2, 0.25) is 0 Å². The Morgan fingerprint density at radius 1 is 1.27 bits per heavy atom. The first-order valence-electron chi connectivity index (χ1n) is 3.82. The normalized spacial score (nSPS) is 14.6. The number of hydrogen-bond acceptors (Lipinski definition) is 3. The van der Waals surface area contributed by atoms with Crippen LogP contribution in [0.2, 0.25) is 0 Å². The van der Waals surface area contributed by atoms with Crippen LogP contribution < -0.4 is 10.6 Å². The van der Waals surface area contributed by atoms with E-state index in [9.17, 15) is 0 Å². The summed E-state index contributed by atoms with van der Waals surface area (Å²) >= 11 is 0. The maximum atomic E-state index is 4.34. The first-order valence-corrected chi connectivity index (χ1v) is 3.82. The molecule has 0 aliphatic carbocycles. The lowest BCUT2D eigenvalue weighted by molar-refractivity contribution is 1.01. The highest BCUT2D eigenvalue weighted by molar-refractivity contribution is 5.66. The van der Waals surface area contributed by atoms with E-state index >= 15 is 0 Å². The first-order chi connectivity index (χ1) is 5.36. The van der Waals surface area contributed by atoms with Gasteiger partial charge in [-0.2, -0.15) is 0 Å². The largest absolute Gasteiger partial charge is 0.380 e. The summed E-state index contributed by atoms with van der Waals surface area (Å²) in [4.78, 5) is 4.34. The second-order valence-corrected chi connectivity index (χ2v) is 2.70. The third-order valence-corrected chi connectivity index (χ3v) is 1.77. The third-order valence-electron chi connectivity index (χ3n) is 1.77. The number of rotatable bonds is 0. The van der Waals surface area contributed by atoms with E-state index in [2.05, 4.69) is 21.7 Å². The topological polar surface area (TPSA) is 37.0 Å². The predicted molar refractivity (Wildman–Crippen MR) is 46.0 cm³/mol. The van der Waals surface area contributed by atoms with Gasteiger partial charge < -0.3 is 10.6 Å². The van der Waals surface area contributed by atoms with Gasteiger partial charge in [-0.05, 0) is 19.1 Å². The van der Waals surface area contributed by atoms with E-state index in [1.165, 1.54) is 0 Å². The Morgan fingerprint density at radius 2 is 2.09 bits per heavy atom. The van der Waals surface area contributed by atoms with Crippen molar-refractivity contribution in [3.8, 4) is 0 Å². The molecule has 3 heteroatoms. The van der Waals surface area contributed by atoms with Gasteiger partial charge in [0.25, 0.3) is 0 Å². The SMILES string of the molecule is Cc1ccc2c(n1)NCCN2. The Bertz CT molecular complexity index is 270. The second kappa shape index (κ2) is 2.42. The summed E-state index contributed by atoms with van der Waals surface area (Å²) in [5.74, 6) is 0.983. The Labute approximate surface area is 65.8 Å². The number of hydrogen-bond donors (Lipinski definition) is 2. The molecule has 1 aliphatic rings. The van der Waals surface area contributed by atoms with Gasteiger partial charge in [0.1, 0.15) is 5.82 Å². The maximum Gasteiger partial charge on any atom is 0.149 e. The summed E-state index contributed by atoms with van der Waals surface area (Å²) in [6.45, 7) is 3.94. The van der Waals surface area contributed by atoms with Crippen LogP contribution in [0, 0.1) is 6.92 Å². The summed E-state index contributed by atoms with van der Waals surface area (Å²) in [5.41, 5.74) is 2.17. The molecule has 0 saturated carbocycles. The van der Waals surface area contributed by atoms with Gasteiger partial charge in [-0.1, -0.05) is 0 Å². The van der Waals surface area contributed by atoms with Crippen molar-refractivity contribution in [2.24, 2.45) is 0 Å². The first kappa shape index (κ1) is 6.46. The Morgan fingerprint density at radius 3 is 3.00 bits per heavy atom. The molecule has 0 fully saturated rings. The molecule has 2 rings (SSSR count). The molecule has 2 heterocycles. The zero-order valence-electron chi connectivity index (χ0n) is 6.52. The van der Waals surface area contributed by atoms with Gasteiger partial charge in [-0.15, -0.1) is 0 Å². The molecule has 0 bridgehead atoms. The van der Waals surface area contributed by atoms with Crippen molar-refractivity contribution >= 4 is 11.5 Å². The molecule has 0 aromatic carbocycles. The molecular formula is C8H11N3. The third kappa shape index (κ3) is 1.13. The molecule has 3 nitrogen and oxygen atoms in total. The minimum Gasteiger partial charge on any atom is -0.380 e. The van der Waals surface area contributed by atoms with E-state index in [1.54, 1.807) is 0 Å². The molecule has 0 atom stereocenters. The molecule has 0 unspecified atom stereocenters. The predicted octanol–water partition coefficient (Wildman–Crippen LogP) is 1.23. The average molecular weight is 149 g/mol. The standard InChI is InChI=1S/C8H11N3/c1-6-2-3-7-8(11-6)10-5-4-9-7/h2-3,9H,4-5H2,1H3,(H,10,11). The van der Waals surface area contributed by atoms with Crippen LogP contribution in [-0.4, -0.2) is 18.1 Å². The van der Waals surface area contributed by atoms with Crippen LogP contribution in [0.15, 0.2) is 12.1 Å². The van der Waals surface area contributed by atoms with Crippen molar-refractivity contribution < 1.29 is 0 Å². The van der Waals surface area contributed by atoms with Gasteiger partial charge in [0.15, 0.2) is 0 Å². The summed E-state index contributed by atoms with van der Waals surface area (Å²) in [6, 6.07) is 4.07. The molecule has 0 saturated heterocycles. The Hall–Kier alpha value is -1.25. The van der Waals surface area contributed by atoms with Crippen LogP contribution >= 0.6 is 0 Å². The monoisotopic (exact) mass is 149 g/mol. The van der Waals surface area contributed by atoms with Crippen LogP contribution in [0.1, 0.15) is 5.69 Å². The van der Waals surface area contributed by atoms with E-state index in [0.29, 0.717) is 0 Å². The van der Waals surface area contributed by atoms with E-state index in [4.69, 9.17) is 0 Å². The number of aromatic nitrogens is 1. The van der Waals surface area contributed by atoms with Gasteiger partial charge in [-0.3, -0.25) is 0 Å². The summed E-state index contributed by atoms with van der Waals surface area (Å²) in [5, 5.41) is 6.49. The summed E-state index contributed by atoms with van der Waals surface area (Å²) < 4.78 is 0. The molecule has 1 aliphatic heterocycles. The second-order valence-electron chi connectivity index (χ2n) is 2.70. The van der Waals surface area contributed by atoms with Crippen LogP contribution in [-0.2, 0) is 0 Å². The zero-order chi connectivity index (χ0) is 7.68. The quantitative estimate of drug-likeness (QED) is 0.582. The highest BCUT2D eigenvalue weighted by Gasteiger charge is 2.07. The number of pyridine rings is 1. The van der Waals surface area contributed by atoms with Crippen LogP contribution in [0.5, 0.6) is 0 Å². The number of nitrogens with one attached hydrogen (secondary N) is 2. The van der Waals surface area contributed by atoms with E-state index in [0.717, 1.165) is 30.3 Å². The van der Waals surface area contributed by atoms with Crippen molar-refractivity contribution in [1.29, 1.82) is 0 Å². The average Bonchev–Trinajstić information content (AvgIpc) is 2.04. The lowest BCUT2D eigenvalue weighted by Crippen LogP contribution is -2.21. The molecule has 1 aromatic heterocycles. The number of fused-ring (bicyclic) bond motifs is 1. The number of nitrogens with zero attached hydrogens (tertiary/aromatic N) is 1. The maximum absolute atomic E-state index is 4.34. The molecule has 0 radical (unpaired) electrons. The van der Waals surface area contributed by atoms with Crippen LogP contribution in [0.25, 0.3) is 0 Å². The van der Waals surface area contributed by atoms with E-state index in [1.807, 2.05) is 13.0 Å². The minimum absolute atomic E-state index is 0.962. The molecule has 58 valence electrons. The van der Waals surface area contributed by atoms with Gasteiger partial charge >= 0.3 is 0 Å². The lowest BCUT2D eigenvalue weighted by Gasteiger charge is -2.18. The molecule has 0 amide bonds. The van der Waals surface area contributed by atoms with Crippen LogP contribution in [0.3, 0.4) is 0 Å². The van der Waals surface area contributed by atoms with Crippen molar-refractivity contribution in [1.82, 2.24) is 4.98 Å². The summed E-state index contributed by atoms with van der Waals surface area (Å²) in [7, 11) is 0. The van der Waals surface area contributed by atoms with E-state index in [-0.39, 0.29) is 0 Å². The van der Waals surface area contributed by atoms with Gasteiger partial charge in [-0.25, -0.2) is 4.98 Å². The smallest absolute Gasteiger partial charge is 0.149 e. The minimum atomic E-state index is 0.962. The Balaban J connectivity index is 2.43. The highest BCUT2D eigenvalue weighted by atomic mass is 15.1. The van der Waals surface area contributed by atoms with Crippen molar-refractivity contribution in [2.75, 3.05) is 23.7 Å². The van der Waals surface area contributed by atoms with Gasteiger partial charge in [0.05, 0.1) is 5.69 Å². The zero-order valence-corrected chi connectivity index (χ0v) is 6.52. The fourth-order valence-electron chi connectivity index (χ4n) is 1.21. The van der Waals surface area contributed by atoms with Crippen molar-refractivity contribution in [2.45, 2.75) is 6.92 Å². The van der Waals surface area contributed by atoms with E-state index < -0.39 is 0 Å². The lowest BCUT2D eigenvalue weighted by atomic mass is 10.3. The molecular weight excluding hydrogens is 138 g/mol. The fraction of sp³-hybridized carbons (Fsp3) is 0.375. The Kier molecular flexibility index (Phi) is 1.42. The molecule has 2 N–H and O–H groups in total. The van der Waals surface area contributed by atoms with Crippen molar-refractivity contribution in [3.63, 3.8) is 0 Å². The van der Waals surface area contributed by atoms with Crippen molar-refractivity contribution in [3.05, 3.63) is 17.8 Å². The number of aryl methyl sites for hydroxylation is 1. The van der Waals surface area contributed by atoms with Crippen LogP contribution in [0.4, 0.5) is 11.5 Å². The highest BCUT2D eigenvalue weighted by Crippen LogP contribution is 2.20. The molecule has 0 spiro atoms. The fourth-order valence-corrected chi connectivity index (χ4v) is 1.21. The molecule has 11 heavy (non-hydrogen) atoms. The molecule has 1 aromatic rings.